The summed E-state index contributed by atoms with van der Waals surface area (Å²) in [6.07, 6.45) is 1.99. The van der Waals surface area contributed by atoms with E-state index in [0.717, 1.165) is 0 Å². The maximum Gasteiger partial charge on any atom is 0.243 e. The summed E-state index contributed by atoms with van der Waals surface area (Å²) in [7, 11) is -3.61. The average Bonchev–Trinajstić information content (AvgIpc) is 3.16. The molecule has 7 nitrogen and oxygen atoms in total. The van der Waals surface area contributed by atoms with Crippen molar-refractivity contribution in [2.45, 2.75) is 36.8 Å². The minimum Gasteiger partial charge on any atom is -0.382 e. The third-order valence-electron chi connectivity index (χ3n) is 4.11. The van der Waals surface area contributed by atoms with Crippen LogP contribution in [0.4, 0.5) is 0 Å². The quantitative estimate of drug-likeness (QED) is 0.904. The molecule has 2 aromatic rings. The number of β-amino-alcohol motifs (C(OH)–C–C–N with tert-alkyl or cyclic N) is 1. The van der Waals surface area contributed by atoms with Crippen molar-refractivity contribution in [3.63, 3.8) is 0 Å². The van der Waals surface area contributed by atoms with Gasteiger partial charge in [-0.05, 0) is 32.4 Å². The number of aromatic nitrogens is 3. The molecule has 2 heterocycles. The van der Waals surface area contributed by atoms with Crippen molar-refractivity contribution in [2.75, 3.05) is 13.1 Å². The first-order valence-corrected chi connectivity index (χ1v) is 8.97. The molecule has 0 saturated carbocycles. The van der Waals surface area contributed by atoms with E-state index in [1.165, 1.54) is 4.31 Å². The van der Waals surface area contributed by atoms with E-state index >= 15 is 0 Å². The molecular formula is C15H20N4O3S. The van der Waals surface area contributed by atoms with Crippen LogP contribution in [0.25, 0.3) is 0 Å². The number of sulfonamides is 1. The molecular weight excluding hydrogens is 316 g/mol. The first kappa shape index (κ1) is 16.1. The zero-order chi connectivity index (χ0) is 16.7. The lowest BCUT2D eigenvalue weighted by atomic mass is 10.00. The Bertz CT molecular complexity index is 788. The zero-order valence-corrected chi connectivity index (χ0v) is 13.9. The number of nitrogens with zero attached hydrogens (tertiary/aromatic N) is 4. The molecule has 1 aliphatic heterocycles. The standard InChI is InChI=1S/C15H20N4O3S/c1-12(2)19-10-14(16-17-19)15(20)8-9-18(11-15)23(21,22)13-6-4-3-5-7-13/h3-7,10,12,20H,8-9,11H2,1-2H3/t15-/m1/s1. The summed E-state index contributed by atoms with van der Waals surface area (Å²) in [4.78, 5) is 0.232. The van der Waals surface area contributed by atoms with Gasteiger partial charge in [0, 0.05) is 19.1 Å². The van der Waals surface area contributed by atoms with Crippen LogP contribution in [-0.2, 0) is 15.6 Å². The molecule has 1 atom stereocenters. The molecule has 1 aliphatic rings. The molecule has 23 heavy (non-hydrogen) atoms. The average molecular weight is 336 g/mol. The monoisotopic (exact) mass is 336 g/mol. The van der Waals surface area contributed by atoms with Gasteiger partial charge in [-0.2, -0.15) is 4.31 Å². The largest absolute Gasteiger partial charge is 0.382 e. The second kappa shape index (κ2) is 5.70. The van der Waals surface area contributed by atoms with Gasteiger partial charge in [0.15, 0.2) is 0 Å². The number of aliphatic hydroxyl groups is 1. The third kappa shape index (κ3) is 2.89. The van der Waals surface area contributed by atoms with Gasteiger partial charge in [-0.15, -0.1) is 5.10 Å². The van der Waals surface area contributed by atoms with Gasteiger partial charge in [0.05, 0.1) is 11.1 Å². The number of hydrogen-bond donors (Lipinski definition) is 1. The Morgan fingerprint density at radius 3 is 2.57 bits per heavy atom. The van der Waals surface area contributed by atoms with Gasteiger partial charge in [0.2, 0.25) is 10.0 Å². The Morgan fingerprint density at radius 1 is 1.26 bits per heavy atom. The van der Waals surface area contributed by atoms with Gasteiger partial charge in [0.25, 0.3) is 0 Å². The van der Waals surface area contributed by atoms with E-state index in [4.69, 9.17) is 0 Å². The maximum absolute atomic E-state index is 12.6. The van der Waals surface area contributed by atoms with Crippen LogP contribution in [0.1, 0.15) is 32.0 Å². The molecule has 0 aliphatic carbocycles. The lowest BCUT2D eigenvalue weighted by Crippen LogP contribution is -2.34. The summed E-state index contributed by atoms with van der Waals surface area (Å²) >= 11 is 0. The molecule has 0 unspecified atom stereocenters. The molecule has 8 heteroatoms. The van der Waals surface area contributed by atoms with E-state index in [1.807, 2.05) is 13.8 Å². The second-order valence-electron chi connectivity index (χ2n) is 6.11. The van der Waals surface area contributed by atoms with Gasteiger partial charge in [-0.3, -0.25) is 0 Å². The van der Waals surface area contributed by atoms with E-state index in [0.29, 0.717) is 12.1 Å². The van der Waals surface area contributed by atoms with E-state index in [-0.39, 0.29) is 24.0 Å². The van der Waals surface area contributed by atoms with Gasteiger partial charge < -0.3 is 5.11 Å². The van der Waals surface area contributed by atoms with Crippen LogP contribution in [0.15, 0.2) is 41.4 Å². The predicted molar refractivity (Wildman–Crippen MR) is 84.1 cm³/mol. The lowest BCUT2D eigenvalue weighted by Gasteiger charge is -2.21. The zero-order valence-electron chi connectivity index (χ0n) is 13.1. The highest BCUT2D eigenvalue weighted by Crippen LogP contribution is 2.33. The Kier molecular flexibility index (Phi) is 3.99. The van der Waals surface area contributed by atoms with Crippen molar-refractivity contribution in [3.8, 4) is 0 Å². The van der Waals surface area contributed by atoms with Crippen LogP contribution >= 0.6 is 0 Å². The van der Waals surface area contributed by atoms with Crippen LogP contribution < -0.4 is 0 Å². The summed E-state index contributed by atoms with van der Waals surface area (Å²) < 4.78 is 28.2. The highest BCUT2D eigenvalue weighted by Gasteiger charge is 2.44. The molecule has 124 valence electrons. The van der Waals surface area contributed by atoms with E-state index in [2.05, 4.69) is 10.3 Å². The summed E-state index contributed by atoms with van der Waals surface area (Å²) in [6, 6.07) is 8.38. The Balaban J connectivity index is 1.85. The van der Waals surface area contributed by atoms with Gasteiger partial charge in [-0.25, -0.2) is 13.1 Å². The molecule has 1 saturated heterocycles. The highest BCUT2D eigenvalue weighted by atomic mass is 32.2. The van der Waals surface area contributed by atoms with Gasteiger partial charge in [0.1, 0.15) is 11.3 Å². The first-order valence-electron chi connectivity index (χ1n) is 7.53. The Morgan fingerprint density at radius 2 is 1.96 bits per heavy atom. The van der Waals surface area contributed by atoms with E-state index in [9.17, 15) is 13.5 Å². The Labute approximate surface area is 135 Å². The summed E-state index contributed by atoms with van der Waals surface area (Å²) in [5.41, 5.74) is -0.883. The number of rotatable bonds is 4. The Hall–Kier alpha value is -1.77. The van der Waals surface area contributed by atoms with E-state index < -0.39 is 15.6 Å². The van der Waals surface area contributed by atoms with Crippen molar-refractivity contribution < 1.29 is 13.5 Å². The maximum atomic E-state index is 12.6. The van der Waals surface area contributed by atoms with Crippen molar-refractivity contribution >= 4 is 10.0 Å². The van der Waals surface area contributed by atoms with Crippen molar-refractivity contribution in [1.82, 2.24) is 19.3 Å². The van der Waals surface area contributed by atoms with Crippen molar-refractivity contribution in [3.05, 3.63) is 42.2 Å². The number of hydrogen-bond acceptors (Lipinski definition) is 5. The molecule has 0 spiro atoms. The topological polar surface area (TPSA) is 88.3 Å². The van der Waals surface area contributed by atoms with Crippen LogP contribution in [0.2, 0.25) is 0 Å². The molecule has 1 aromatic heterocycles. The second-order valence-corrected chi connectivity index (χ2v) is 8.05. The minimum atomic E-state index is -3.61. The minimum absolute atomic E-state index is 0.0129. The highest BCUT2D eigenvalue weighted by molar-refractivity contribution is 7.89. The molecule has 0 radical (unpaired) electrons. The van der Waals surface area contributed by atoms with Crippen molar-refractivity contribution in [1.29, 1.82) is 0 Å². The summed E-state index contributed by atoms with van der Waals surface area (Å²) in [5.74, 6) is 0. The molecule has 3 rings (SSSR count). The third-order valence-corrected chi connectivity index (χ3v) is 5.97. The molecule has 1 fully saturated rings. The summed E-state index contributed by atoms with van der Waals surface area (Å²) in [6.45, 7) is 4.16. The number of benzene rings is 1. The van der Waals surface area contributed by atoms with E-state index in [1.54, 1.807) is 41.2 Å². The first-order chi connectivity index (χ1) is 10.8. The van der Waals surface area contributed by atoms with Crippen LogP contribution in [-0.4, -0.2) is 45.9 Å². The molecule has 0 bridgehead atoms. The van der Waals surface area contributed by atoms with Crippen molar-refractivity contribution in [2.24, 2.45) is 0 Å². The fourth-order valence-electron chi connectivity index (χ4n) is 2.66. The van der Waals surface area contributed by atoms with Crippen LogP contribution in [0.5, 0.6) is 0 Å². The lowest BCUT2D eigenvalue weighted by molar-refractivity contribution is 0.0484. The fraction of sp³-hybridized carbons (Fsp3) is 0.467. The summed E-state index contributed by atoms with van der Waals surface area (Å²) in [5, 5.41) is 18.8. The van der Waals surface area contributed by atoms with Gasteiger partial charge >= 0.3 is 0 Å². The molecule has 0 amide bonds. The smallest absolute Gasteiger partial charge is 0.243 e. The van der Waals surface area contributed by atoms with Crippen LogP contribution in [0.3, 0.4) is 0 Å². The molecule has 1 aromatic carbocycles. The van der Waals surface area contributed by atoms with Gasteiger partial charge in [-0.1, -0.05) is 23.4 Å². The normalized spacial score (nSPS) is 22.8. The SMILES string of the molecule is CC(C)n1cc([C@@]2(O)CCN(S(=O)(=O)c3ccccc3)C2)nn1. The molecule has 1 N–H and O–H groups in total. The predicted octanol–water partition coefficient (Wildman–Crippen LogP) is 1.14. The fourth-order valence-corrected chi connectivity index (χ4v) is 4.17. The van der Waals surface area contributed by atoms with Crippen LogP contribution in [0, 0.1) is 0 Å².